The largest absolute Gasteiger partial charge is 0.463 e. The second-order valence-electron chi connectivity index (χ2n) is 7.93. The SMILES string of the molecule is O=[C]OC(CCNC1CCCC1)C(=O)OCCCCNC1CCCCCC1. The summed E-state index contributed by atoms with van der Waals surface area (Å²) < 4.78 is 10.1. The fourth-order valence-corrected chi connectivity index (χ4v) is 4.11. The number of nitrogens with one attached hydrogen (secondary N) is 2. The Morgan fingerprint density at radius 1 is 0.889 bits per heavy atom. The minimum atomic E-state index is -0.847. The molecule has 1 atom stereocenters. The Bertz CT molecular complexity index is 405. The molecule has 0 aliphatic heterocycles. The molecule has 1 unspecified atom stereocenters. The van der Waals surface area contributed by atoms with Crippen molar-refractivity contribution in [1.29, 1.82) is 0 Å². The zero-order valence-corrected chi connectivity index (χ0v) is 16.7. The van der Waals surface area contributed by atoms with Gasteiger partial charge in [-0.1, -0.05) is 38.5 Å². The fourth-order valence-electron chi connectivity index (χ4n) is 4.11. The molecule has 0 bridgehead atoms. The van der Waals surface area contributed by atoms with Crippen LogP contribution in [0.25, 0.3) is 0 Å². The molecule has 0 amide bonds. The summed E-state index contributed by atoms with van der Waals surface area (Å²) in [5.74, 6) is -0.455. The second-order valence-corrected chi connectivity index (χ2v) is 7.93. The number of hydrogen-bond donors (Lipinski definition) is 2. The molecule has 2 rings (SSSR count). The van der Waals surface area contributed by atoms with Crippen LogP contribution in [0, 0.1) is 0 Å². The van der Waals surface area contributed by atoms with Gasteiger partial charge in [-0.3, -0.25) is 0 Å². The van der Waals surface area contributed by atoms with Gasteiger partial charge in [0.1, 0.15) is 0 Å². The van der Waals surface area contributed by atoms with Crippen LogP contribution in [0.1, 0.15) is 83.5 Å². The standard InChI is InChI=1S/C21H37N2O4/c24-17-27-20(13-15-23-19-11-5-6-12-19)21(25)26-16-8-7-14-22-18-9-3-1-2-4-10-18/h18-20,22-23H,1-16H2. The van der Waals surface area contributed by atoms with E-state index in [4.69, 9.17) is 9.47 Å². The van der Waals surface area contributed by atoms with Gasteiger partial charge in [0.05, 0.1) is 6.61 Å². The summed E-state index contributed by atoms with van der Waals surface area (Å²) in [4.78, 5) is 22.7. The van der Waals surface area contributed by atoms with Crippen LogP contribution in [0.5, 0.6) is 0 Å². The van der Waals surface area contributed by atoms with Gasteiger partial charge >= 0.3 is 12.4 Å². The Morgan fingerprint density at radius 3 is 2.11 bits per heavy atom. The molecule has 0 aromatic heterocycles. The molecule has 2 N–H and O–H groups in total. The van der Waals surface area contributed by atoms with Gasteiger partial charge in [-0.05, 0) is 51.6 Å². The summed E-state index contributed by atoms with van der Waals surface area (Å²) in [6.45, 7) is 3.38. The lowest BCUT2D eigenvalue weighted by molar-refractivity contribution is -0.153. The predicted molar refractivity (Wildman–Crippen MR) is 105 cm³/mol. The zero-order chi connectivity index (χ0) is 19.2. The summed E-state index contributed by atoms with van der Waals surface area (Å²) >= 11 is 0. The van der Waals surface area contributed by atoms with Gasteiger partial charge in [0.25, 0.3) is 0 Å². The zero-order valence-electron chi connectivity index (χ0n) is 16.7. The first kappa shape index (κ1) is 22.2. The second kappa shape index (κ2) is 13.9. The van der Waals surface area contributed by atoms with E-state index < -0.39 is 12.1 Å². The van der Waals surface area contributed by atoms with E-state index in [2.05, 4.69) is 10.6 Å². The van der Waals surface area contributed by atoms with Crippen LogP contribution in [-0.4, -0.2) is 50.3 Å². The van der Waals surface area contributed by atoms with Crippen molar-refractivity contribution in [2.75, 3.05) is 19.7 Å². The highest BCUT2D eigenvalue weighted by Gasteiger charge is 2.22. The van der Waals surface area contributed by atoms with Gasteiger partial charge in [-0.25, -0.2) is 9.59 Å². The maximum atomic E-state index is 12.1. The maximum Gasteiger partial charge on any atom is 0.418 e. The van der Waals surface area contributed by atoms with Crippen molar-refractivity contribution in [2.24, 2.45) is 0 Å². The highest BCUT2D eigenvalue weighted by Crippen LogP contribution is 2.18. The third-order valence-corrected chi connectivity index (χ3v) is 5.75. The average molecular weight is 382 g/mol. The Kier molecular flexibility index (Phi) is 11.4. The van der Waals surface area contributed by atoms with Crippen molar-refractivity contribution in [2.45, 2.75) is 102 Å². The molecule has 6 heteroatoms. The lowest BCUT2D eigenvalue weighted by Crippen LogP contribution is -2.34. The van der Waals surface area contributed by atoms with Crippen LogP contribution < -0.4 is 10.6 Å². The predicted octanol–water partition coefficient (Wildman–Crippen LogP) is 3.00. The Balaban J connectivity index is 1.51. The van der Waals surface area contributed by atoms with Gasteiger partial charge in [0, 0.05) is 18.5 Å². The number of carbonyl (C=O) groups is 1. The quantitative estimate of drug-likeness (QED) is 0.290. The van der Waals surface area contributed by atoms with Crippen LogP contribution in [0.3, 0.4) is 0 Å². The van der Waals surface area contributed by atoms with Gasteiger partial charge in [-0.2, -0.15) is 0 Å². The Hall–Kier alpha value is -1.14. The number of hydrogen-bond acceptors (Lipinski definition) is 6. The first-order valence-corrected chi connectivity index (χ1v) is 11.0. The molecule has 27 heavy (non-hydrogen) atoms. The summed E-state index contributed by atoms with van der Waals surface area (Å²) in [5, 5.41) is 7.04. The van der Waals surface area contributed by atoms with Crippen molar-refractivity contribution >= 4 is 12.4 Å². The topological polar surface area (TPSA) is 76.7 Å². The van der Waals surface area contributed by atoms with Crippen molar-refractivity contribution in [1.82, 2.24) is 10.6 Å². The molecular formula is C21H37N2O4. The van der Waals surface area contributed by atoms with E-state index in [-0.39, 0.29) is 0 Å². The number of esters is 1. The van der Waals surface area contributed by atoms with E-state index in [1.807, 2.05) is 0 Å². The van der Waals surface area contributed by atoms with Gasteiger partial charge < -0.3 is 20.1 Å². The maximum absolute atomic E-state index is 12.1. The van der Waals surface area contributed by atoms with E-state index in [0.29, 0.717) is 31.7 Å². The van der Waals surface area contributed by atoms with Crippen LogP contribution in [0.4, 0.5) is 0 Å². The lowest BCUT2D eigenvalue weighted by Gasteiger charge is -2.17. The Labute approximate surface area is 164 Å². The van der Waals surface area contributed by atoms with Crippen molar-refractivity contribution in [3.8, 4) is 0 Å². The van der Waals surface area contributed by atoms with Gasteiger partial charge in [0.15, 0.2) is 0 Å². The molecule has 1 radical (unpaired) electrons. The van der Waals surface area contributed by atoms with Gasteiger partial charge in [-0.15, -0.1) is 0 Å². The highest BCUT2D eigenvalue weighted by molar-refractivity contribution is 5.75. The molecule has 0 spiro atoms. The number of ether oxygens (including phenoxy) is 2. The number of unbranched alkanes of at least 4 members (excludes halogenated alkanes) is 1. The average Bonchev–Trinajstić information content (AvgIpc) is 3.05. The van der Waals surface area contributed by atoms with Crippen molar-refractivity contribution < 1.29 is 19.1 Å². The fraction of sp³-hybridized carbons (Fsp3) is 0.905. The monoisotopic (exact) mass is 381 g/mol. The van der Waals surface area contributed by atoms with Gasteiger partial charge in [0.2, 0.25) is 6.10 Å². The van der Waals surface area contributed by atoms with Crippen molar-refractivity contribution in [3.63, 3.8) is 0 Å². The molecule has 0 saturated heterocycles. The van der Waals surface area contributed by atoms with E-state index in [1.165, 1.54) is 70.7 Å². The minimum Gasteiger partial charge on any atom is -0.463 e. The molecule has 0 aromatic rings. The molecule has 2 saturated carbocycles. The number of carbonyl (C=O) groups excluding carboxylic acids is 2. The molecule has 2 aliphatic rings. The Morgan fingerprint density at radius 2 is 1.48 bits per heavy atom. The van der Waals surface area contributed by atoms with E-state index in [9.17, 15) is 9.59 Å². The van der Waals surface area contributed by atoms with Crippen LogP contribution in [-0.2, 0) is 19.1 Å². The van der Waals surface area contributed by atoms with E-state index >= 15 is 0 Å². The summed E-state index contributed by atoms with van der Waals surface area (Å²) in [6, 6.07) is 1.19. The summed E-state index contributed by atoms with van der Waals surface area (Å²) in [5.41, 5.74) is 0. The lowest BCUT2D eigenvalue weighted by atomic mass is 10.1. The normalized spacial score (nSPS) is 20.1. The van der Waals surface area contributed by atoms with E-state index in [1.54, 1.807) is 0 Å². The molecule has 0 aromatic carbocycles. The summed E-state index contributed by atoms with van der Waals surface area (Å²) in [7, 11) is 0. The highest BCUT2D eigenvalue weighted by atomic mass is 16.6. The molecule has 2 aliphatic carbocycles. The summed E-state index contributed by atoms with van der Waals surface area (Å²) in [6.07, 6.45) is 14.3. The first-order valence-electron chi connectivity index (χ1n) is 11.0. The number of rotatable bonds is 13. The molecule has 0 heterocycles. The van der Waals surface area contributed by atoms with Crippen LogP contribution >= 0.6 is 0 Å². The first-order chi connectivity index (χ1) is 13.3. The molecule has 2 fully saturated rings. The third-order valence-electron chi connectivity index (χ3n) is 5.75. The molecule has 155 valence electrons. The minimum absolute atomic E-state index is 0.375. The van der Waals surface area contributed by atoms with Crippen LogP contribution in [0.2, 0.25) is 0 Å². The smallest absolute Gasteiger partial charge is 0.418 e. The van der Waals surface area contributed by atoms with Crippen LogP contribution in [0.15, 0.2) is 0 Å². The third kappa shape index (κ3) is 9.56. The molecular weight excluding hydrogens is 344 g/mol. The van der Waals surface area contributed by atoms with E-state index in [0.717, 1.165) is 19.4 Å². The molecule has 6 nitrogen and oxygen atoms in total. The van der Waals surface area contributed by atoms with Crippen molar-refractivity contribution in [3.05, 3.63) is 0 Å².